The number of benzene rings is 2. The normalized spacial score (nSPS) is 16.9. The van der Waals surface area contributed by atoms with Gasteiger partial charge in [0.15, 0.2) is 11.5 Å². The minimum absolute atomic E-state index is 0.144. The molecule has 1 saturated heterocycles. The van der Waals surface area contributed by atoms with Gasteiger partial charge in [0.05, 0.1) is 11.1 Å². The van der Waals surface area contributed by atoms with Crippen LogP contribution < -0.4 is 20.7 Å². The Kier molecular flexibility index (Phi) is 5.40. The summed E-state index contributed by atoms with van der Waals surface area (Å²) in [5.74, 6) is -1.75. The van der Waals surface area contributed by atoms with Crippen LogP contribution in [0.5, 0.6) is 5.75 Å². The Balaban J connectivity index is 1.67. The highest BCUT2D eigenvalue weighted by molar-refractivity contribution is 5.93. The topological polar surface area (TPSA) is 105 Å². The fourth-order valence-corrected chi connectivity index (χ4v) is 3.66. The number of fused-ring (bicyclic) bond motifs is 3. The van der Waals surface area contributed by atoms with E-state index in [1.807, 2.05) is 0 Å². The van der Waals surface area contributed by atoms with Crippen LogP contribution >= 0.6 is 0 Å². The van der Waals surface area contributed by atoms with E-state index in [2.05, 4.69) is 35.8 Å². The third-order valence-electron chi connectivity index (χ3n) is 5.16. The molecule has 0 saturated carbocycles. The number of carbonyl (C=O) groups excluding carboxylic acids is 1. The van der Waals surface area contributed by atoms with Gasteiger partial charge in [0.1, 0.15) is 17.6 Å². The van der Waals surface area contributed by atoms with E-state index < -0.39 is 24.0 Å². The molecule has 0 aliphatic carbocycles. The van der Waals surface area contributed by atoms with Gasteiger partial charge < -0.3 is 20.7 Å². The summed E-state index contributed by atoms with van der Waals surface area (Å²) >= 11 is 0. The minimum atomic E-state index is -4.99. The van der Waals surface area contributed by atoms with Crippen molar-refractivity contribution in [3.8, 4) is 17.1 Å². The number of hydrogen-bond acceptors (Lipinski definition) is 7. The lowest BCUT2D eigenvalue weighted by atomic mass is 10.2. The number of aromatic nitrogens is 4. The summed E-state index contributed by atoms with van der Waals surface area (Å²) in [6.45, 7) is 1.38. The molecule has 34 heavy (non-hydrogen) atoms. The highest BCUT2D eigenvalue weighted by atomic mass is 19.4. The first-order chi connectivity index (χ1) is 16.3. The Labute approximate surface area is 189 Å². The Morgan fingerprint density at radius 2 is 1.94 bits per heavy atom. The number of carbonyl (C=O) groups is 1. The molecule has 176 valence electrons. The first kappa shape index (κ1) is 21.8. The Bertz CT molecular complexity index is 1390. The number of amides is 1. The zero-order valence-corrected chi connectivity index (χ0v) is 17.4. The highest BCUT2D eigenvalue weighted by Gasteiger charge is 2.33. The van der Waals surface area contributed by atoms with E-state index >= 15 is 0 Å². The van der Waals surface area contributed by atoms with Crippen molar-refractivity contribution in [1.82, 2.24) is 30.2 Å². The molecule has 0 unspecified atom stereocenters. The van der Waals surface area contributed by atoms with Gasteiger partial charge in [-0.05, 0) is 30.3 Å². The zero-order chi connectivity index (χ0) is 23.9. The fraction of sp³-hybridized carbons (Fsp3) is 0.238. The van der Waals surface area contributed by atoms with Gasteiger partial charge in [-0.1, -0.05) is 12.1 Å². The summed E-state index contributed by atoms with van der Waals surface area (Å²) in [4.78, 5) is 21.3. The number of rotatable bonds is 4. The molecular formula is C21H17F4N7O2. The lowest BCUT2D eigenvalue weighted by molar-refractivity contribution is -0.274. The molecule has 1 atom stereocenters. The second-order valence-corrected chi connectivity index (χ2v) is 7.50. The van der Waals surface area contributed by atoms with Crippen molar-refractivity contribution in [1.29, 1.82) is 0 Å². The average Bonchev–Trinajstić information content (AvgIpc) is 3.14. The molecule has 0 spiro atoms. The Hall–Kier alpha value is -4.00. The van der Waals surface area contributed by atoms with Crippen LogP contribution in [0.1, 0.15) is 0 Å². The van der Waals surface area contributed by atoms with Crippen molar-refractivity contribution in [2.75, 3.05) is 25.0 Å². The molecular weight excluding hydrogens is 458 g/mol. The standard InChI is InChI=1S/C21H17F4N7O2/c22-11-5-6-16(34-21(23,24)25)13(9-11)17-30-18-12-3-1-2-4-14(12)28-20(32(18)31-17)29-15-10-26-7-8-27-19(15)33/h1-6,9,15,26H,7-8,10H2,(H,27,33)(H,28,29)/t15-/m1/s1. The molecule has 3 heterocycles. The van der Waals surface area contributed by atoms with Gasteiger partial charge in [0.25, 0.3) is 0 Å². The molecule has 1 aliphatic rings. The van der Waals surface area contributed by atoms with E-state index in [0.717, 1.165) is 18.2 Å². The van der Waals surface area contributed by atoms with Crippen molar-refractivity contribution >= 4 is 28.4 Å². The largest absolute Gasteiger partial charge is 0.573 e. The zero-order valence-electron chi connectivity index (χ0n) is 17.4. The molecule has 4 aromatic rings. The predicted octanol–water partition coefficient (Wildman–Crippen LogP) is 2.48. The molecule has 1 fully saturated rings. The monoisotopic (exact) mass is 475 g/mol. The molecule has 1 amide bonds. The Morgan fingerprint density at radius 1 is 1.12 bits per heavy atom. The second kappa shape index (κ2) is 8.41. The van der Waals surface area contributed by atoms with Gasteiger partial charge in [-0.3, -0.25) is 4.79 Å². The van der Waals surface area contributed by atoms with Gasteiger partial charge in [-0.15, -0.1) is 18.3 Å². The fourth-order valence-electron chi connectivity index (χ4n) is 3.66. The quantitative estimate of drug-likeness (QED) is 0.390. The molecule has 2 aromatic carbocycles. The summed E-state index contributed by atoms with van der Waals surface area (Å²) in [6, 6.07) is 8.83. The maximum Gasteiger partial charge on any atom is 0.573 e. The highest BCUT2D eigenvalue weighted by Crippen LogP contribution is 2.34. The average molecular weight is 475 g/mol. The van der Waals surface area contributed by atoms with Crippen molar-refractivity contribution in [2.24, 2.45) is 0 Å². The van der Waals surface area contributed by atoms with E-state index in [4.69, 9.17) is 0 Å². The molecule has 13 heteroatoms. The molecule has 1 aliphatic heterocycles. The van der Waals surface area contributed by atoms with Crippen LogP contribution in [0, 0.1) is 5.82 Å². The SMILES string of the molecule is O=C1NCCNC[C@H]1Nc1nc2ccccc2c2nc(-c3cc(F)ccc3OC(F)(F)F)nn12. The van der Waals surface area contributed by atoms with Crippen LogP contribution in [0.25, 0.3) is 27.9 Å². The predicted molar refractivity (Wildman–Crippen MR) is 114 cm³/mol. The van der Waals surface area contributed by atoms with Crippen LogP contribution in [-0.2, 0) is 4.79 Å². The second-order valence-electron chi connectivity index (χ2n) is 7.50. The smallest absolute Gasteiger partial charge is 0.405 e. The van der Waals surface area contributed by atoms with Crippen LogP contribution in [0.15, 0.2) is 42.5 Å². The van der Waals surface area contributed by atoms with E-state index in [1.54, 1.807) is 24.3 Å². The van der Waals surface area contributed by atoms with Gasteiger partial charge in [0, 0.05) is 25.0 Å². The van der Waals surface area contributed by atoms with Crippen molar-refractivity contribution < 1.29 is 27.1 Å². The third kappa shape index (κ3) is 4.29. The van der Waals surface area contributed by atoms with Crippen LogP contribution in [0.4, 0.5) is 23.5 Å². The lowest BCUT2D eigenvalue weighted by Gasteiger charge is -2.16. The van der Waals surface area contributed by atoms with Crippen molar-refractivity contribution in [2.45, 2.75) is 12.4 Å². The summed E-state index contributed by atoms with van der Waals surface area (Å²) in [5.41, 5.74) is 0.488. The molecule has 9 nitrogen and oxygen atoms in total. The summed E-state index contributed by atoms with van der Waals surface area (Å²) in [7, 11) is 0. The van der Waals surface area contributed by atoms with Gasteiger partial charge in [0.2, 0.25) is 11.9 Å². The number of hydrogen-bond donors (Lipinski definition) is 3. The maximum atomic E-state index is 14.0. The number of anilines is 1. The number of nitrogens with one attached hydrogen (secondary N) is 3. The van der Waals surface area contributed by atoms with Crippen LogP contribution in [0.3, 0.4) is 0 Å². The summed E-state index contributed by atoms with van der Waals surface area (Å²) in [6.07, 6.45) is -4.99. The molecule has 0 radical (unpaired) electrons. The number of nitrogens with zero attached hydrogens (tertiary/aromatic N) is 4. The summed E-state index contributed by atoms with van der Waals surface area (Å²) < 4.78 is 58.1. The molecule has 2 aromatic heterocycles. The minimum Gasteiger partial charge on any atom is -0.405 e. The first-order valence-electron chi connectivity index (χ1n) is 10.2. The van der Waals surface area contributed by atoms with E-state index in [9.17, 15) is 22.4 Å². The summed E-state index contributed by atoms with van der Waals surface area (Å²) in [5, 5.41) is 13.8. The van der Waals surface area contributed by atoms with E-state index in [0.29, 0.717) is 30.5 Å². The van der Waals surface area contributed by atoms with Gasteiger partial charge in [-0.2, -0.15) is 4.52 Å². The van der Waals surface area contributed by atoms with E-state index in [1.165, 1.54) is 4.52 Å². The Morgan fingerprint density at radius 3 is 2.76 bits per heavy atom. The van der Waals surface area contributed by atoms with E-state index in [-0.39, 0.29) is 28.9 Å². The van der Waals surface area contributed by atoms with Crippen LogP contribution in [0.2, 0.25) is 0 Å². The molecule has 3 N–H and O–H groups in total. The van der Waals surface area contributed by atoms with Crippen LogP contribution in [-0.4, -0.2) is 57.5 Å². The first-order valence-corrected chi connectivity index (χ1v) is 10.2. The number of alkyl halides is 3. The van der Waals surface area contributed by atoms with Crippen molar-refractivity contribution in [3.05, 3.63) is 48.3 Å². The third-order valence-corrected chi connectivity index (χ3v) is 5.16. The van der Waals surface area contributed by atoms with Gasteiger partial charge >= 0.3 is 6.36 Å². The molecule has 5 rings (SSSR count). The maximum absolute atomic E-state index is 14.0. The number of para-hydroxylation sites is 1. The number of halogens is 4. The molecule has 0 bridgehead atoms. The lowest BCUT2D eigenvalue weighted by Crippen LogP contribution is -2.42. The van der Waals surface area contributed by atoms with Gasteiger partial charge in [-0.25, -0.2) is 14.4 Å². The van der Waals surface area contributed by atoms with Crippen molar-refractivity contribution in [3.63, 3.8) is 0 Å². The number of ether oxygens (including phenoxy) is 1.